The van der Waals surface area contributed by atoms with Gasteiger partial charge in [-0.25, -0.2) is 0 Å². The number of hydrogen-bond acceptors (Lipinski definition) is 3. The number of allylic oxidation sites excluding steroid dienone is 2. The van der Waals surface area contributed by atoms with Crippen molar-refractivity contribution in [3.8, 4) is 0 Å². The van der Waals surface area contributed by atoms with Crippen LogP contribution in [0.5, 0.6) is 0 Å². The number of hydrogen-bond donors (Lipinski definition) is 0. The average molecular weight is 194 g/mol. The fraction of sp³-hybridized carbons (Fsp3) is 0.636. The molecule has 1 heterocycles. The van der Waals surface area contributed by atoms with E-state index in [0.29, 0.717) is 5.92 Å². The van der Waals surface area contributed by atoms with E-state index >= 15 is 0 Å². The minimum Gasteiger partial charge on any atom is -0.393 e. The van der Waals surface area contributed by atoms with Crippen LogP contribution in [0.3, 0.4) is 0 Å². The van der Waals surface area contributed by atoms with Crippen molar-refractivity contribution >= 4 is 11.9 Å². The zero-order valence-corrected chi connectivity index (χ0v) is 8.29. The summed E-state index contributed by atoms with van der Waals surface area (Å²) in [6.45, 7) is 2.08. The van der Waals surface area contributed by atoms with Crippen molar-refractivity contribution in [2.45, 2.75) is 32.6 Å². The molecule has 2 atom stereocenters. The fourth-order valence-electron chi connectivity index (χ4n) is 2.34. The van der Waals surface area contributed by atoms with E-state index in [4.69, 9.17) is 0 Å². The van der Waals surface area contributed by atoms with Crippen LogP contribution in [0.1, 0.15) is 32.6 Å². The van der Waals surface area contributed by atoms with Crippen molar-refractivity contribution in [1.82, 2.24) is 0 Å². The van der Waals surface area contributed by atoms with Gasteiger partial charge in [-0.2, -0.15) is 0 Å². The van der Waals surface area contributed by atoms with E-state index in [9.17, 15) is 9.59 Å². The molecule has 1 fully saturated rings. The van der Waals surface area contributed by atoms with E-state index in [1.54, 1.807) is 0 Å². The second-order valence-corrected chi connectivity index (χ2v) is 4.20. The van der Waals surface area contributed by atoms with Crippen LogP contribution in [0.15, 0.2) is 11.6 Å². The van der Waals surface area contributed by atoms with Crippen molar-refractivity contribution in [3.63, 3.8) is 0 Å². The van der Waals surface area contributed by atoms with Gasteiger partial charge >= 0.3 is 11.9 Å². The summed E-state index contributed by atoms with van der Waals surface area (Å²) < 4.78 is 4.56. The molecule has 3 nitrogen and oxygen atoms in total. The minimum absolute atomic E-state index is 0.175. The molecule has 76 valence electrons. The predicted octanol–water partition coefficient (Wildman–Crippen LogP) is 1.82. The summed E-state index contributed by atoms with van der Waals surface area (Å²) >= 11 is 0. The largest absolute Gasteiger partial charge is 0.393 e. The predicted molar refractivity (Wildman–Crippen MR) is 50.3 cm³/mol. The number of carbonyl (C=O) groups excluding carboxylic acids is 2. The number of esters is 2. The summed E-state index contributed by atoms with van der Waals surface area (Å²) in [4.78, 5) is 22.3. The first-order chi connectivity index (χ1) is 6.66. The van der Waals surface area contributed by atoms with Gasteiger partial charge in [-0.3, -0.25) is 9.59 Å². The molecule has 1 aliphatic carbocycles. The van der Waals surface area contributed by atoms with Gasteiger partial charge in [0.25, 0.3) is 0 Å². The Hall–Kier alpha value is -1.12. The van der Waals surface area contributed by atoms with E-state index in [1.807, 2.05) is 0 Å². The van der Waals surface area contributed by atoms with Crippen LogP contribution in [0, 0.1) is 11.8 Å². The zero-order valence-electron chi connectivity index (χ0n) is 8.29. The van der Waals surface area contributed by atoms with Crippen LogP contribution < -0.4 is 0 Å². The molecular formula is C11H14O3. The van der Waals surface area contributed by atoms with Crippen LogP contribution in [0.4, 0.5) is 0 Å². The van der Waals surface area contributed by atoms with E-state index in [2.05, 4.69) is 17.7 Å². The molecule has 3 heteroatoms. The Morgan fingerprint density at radius 3 is 2.71 bits per heavy atom. The van der Waals surface area contributed by atoms with E-state index in [-0.39, 0.29) is 24.3 Å². The van der Waals surface area contributed by atoms with Crippen LogP contribution >= 0.6 is 0 Å². The topological polar surface area (TPSA) is 43.4 Å². The molecule has 14 heavy (non-hydrogen) atoms. The maximum atomic E-state index is 11.3. The molecular weight excluding hydrogens is 180 g/mol. The van der Waals surface area contributed by atoms with Gasteiger partial charge in [0.15, 0.2) is 0 Å². The highest BCUT2D eigenvalue weighted by Crippen LogP contribution is 2.35. The van der Waals surface area contributed by atoms with Gasteiger partial charge in [0, 0.05) is 0 Å². The van der Waals surface area contributed by atoms with Crippen molar-refractivity contribution in [2.75, 3.05) is 0 Å². The third-order valence-corrected chi connectivity index (χ3v) is 3.09. The Kier molecular flexibility index (Phi) is 2.40. The second kappa shape index (κ2) is 3.56. The van der Waals surface area contributed by atoms with Gasteiger partial charge in [-0.15, -0.1) is 0 Å². The van der Waals surface area contributed by atoms with Gasteiger partial charge in [0.05, 0.1) is 12.3 Å². The number of carbonyl (C=O) groups is 2. The number of rotatable bonds is 1. The third-order valence-electron chi connectivity index (χ3n) is 3.09. The average Bonchev–Trinajstić information content (AvgIpc) is 2.45. The third kappa shape index (κ3) is 1.72. The highest BCUT2D eigenvalue weighted by Gasteiger charge is 2.39. The molecule has 0 radical (unpaired) electrons. The van der Waals surface area contributed by atoms with Crippen LogP contribution in [0.25, 0.3) is 0 Å². The van der Waals surface area contributed by atoms with Crippen LogP contribution in [0.2, 0.25) is 0 Å². The molecule has 0 aromatic heterocycles. The summed E-state index contributed by atoms with van der Waals surface area (Å²) in [7, 11) is 0. The van der Waals surface area contributed by atoms with Gasteiger partial charge in [0.2, 0.25) is 0 Å². The van der Waals surface area contributed by atoms with E-state index in [1.165, 1.54) is 5.57 Å². The van der Waals surface area contributed by atoms with Crippen molar-refractivity contribution in [1.29, 1.82) is 0 Å². The Balaban J connectivity index is 2.05. The van der Waals surface area contributed by atoms with Crippen molar-refractivity contribution in [2.24, 2.45) is 11.8 Å². The molecule has 0 aromatic carbocycles. The Labute approximate surface area is 83.1 Å². The van der Waals surface area contributed by atoms with Crippen molar-refractivity contribution in [3.05, 3.63) is 11.6 Å². The van der Waals surface area contributed by atoms with Gasteiger partial charge in [-0.05, 0) is 32.1 Å². The summed E-state index contributed by atoms with van der Waals surface area (Å²) in [5, 5.41) is 0. The summed E-state index contributed by atoms with van der Waals surface area (Å²) in [5.41, 5.74) is 1.33. The highest BCUT2D eigenvalue weighted by atomic mass is 16.6. The molecule has 0 bridgehead atoms. The Morgan fingerprint density at radius 2 is 2.14 bits per heavy atom. The lowest BCUT2D eigenvalue weighted by Crippen LogP contribution is -2.21. The molecule has 0 saturated carbocycles. The quantitative estimate of drug-likeness (QED) is 0.363. The highest BCUT2D eigenvalue weighted by molar-refractivity contribution is 5.94. The molecule has 0 N–H and O–H groups in total. The molecule has 0 spiro atoms. The minimum atomic E-state index is -0.354. The summed E-state index contributed by atoms with van der Waals surface area (Å²) in [5.74, 6) is -0.521. The standard InChI is InChI=1S/C11H14O3/c1-7-3-2-4-8(5-7)9-6-10(12)14-11(9)13/h3,8-9H,2,4-6H2,1H3. The first-order valence-corrected chi connectivity index (χ1v) is 5.07. The number of cyclic esters (lactones) is 2. The first kappa shape index (κ1) is 9.44. The lowest BCUT2D eigenvalue weighted by Gasteiger charge is -2.23. The lowest BCUT2D eigenvalue weighted by atomic mass is 9.79. The molecule has 2 aliphatic rings. The summed E-state index contributed by atoms with van der Waals surface area (Å²) in [6.07, 6.45) is 5.46. The fourth-order valence-corrected chi connectivity index (χ4v) is 2.34. The van der Waals surface area contributed by atoms with E-state index in [0.717, 1.165) is 19.3 Å². The van der Waals surface area contributed by atoms with Crippen molar-refractivity contribution < 1.29 is 14.3 Å². The summed E-state index contributed by atoms with van der Waals surface area (Å²) in [6, 6.07) is 0. The molecule has 0 aromatic rings. The molecule has 2 rings (SSSR count). The SMILES string of the molecule is CC1=CCCC(C2CC(=O)OC2=O)C1. The Morgan fingerprint density at radius 1 is 1.36 bits per heavy atom. The molecule has 0 amide bonds. The smallest absolute Gasteiger partial charge is 0.317 e. The zero-order chi connectivity index (χ0) is 10.1. The van der Waals surface area contributed by atoms with Gasteiger partial charge < -0.3 is 4.74 Å². The lowest BCUT2D eigenvalue weighted by molar-refractivity contribution is -0.153. The van der Waals surface area contributed by atoms with Gasteiger partial charge in [-0.1, -0.05) is 11.6 Å². The second-order valence-electron chi connectivity index (χ2n) is 4.20. The molecule has 1 aliphatic heterocycles. The van der Waals surface area contributed by atoms with Crippen LogP contribution in [-0.2, 0) is 14.3 Å². The number of ether oxygens (including phenoxy) is 1. The van der Waals surface area contributed by atoms with Gasteiger partial charge in [0.1, 0.15) is 0 Å². The van der Waals surface area contributed by atoms with Crippen LogP contribution in [-0.4, -0.2) is 11.9 Å². The monoisotopic (exact) mass is 194 g/mol. The van der Waals surface area contributed by atoms with E-state index < -0.39 is 0 Å². The Bertz CT molecular complexity index is 304. The maximum Gasteiger partial charge on any atom is 0.317 e. The molecule has 1 saturated heterocycles. The molecule has 2 unspecified atom stereocenters. The first-order valence-electron chi connectivity index (χ1n) is 5.07. The normalized spacial score (nSPS) is 32.8. The maximum absolute atomic E-state index is 11.3.